The average Bonchev–Trinajstić information content (AvgIpc) is 2.65. The fraction of sp³-hybridized carbons (Fsp3) is 0.0952. The number of benzene rings is 3. The first-order valence-corrected chi connectivity index (χ1v) is 8.33. The van der Waals surface area contributed by atoms with E-state index in [4.69, 9.17) is 15.7 Å². The molecule has 1 aromatic heterocycles. The van der Waals surface area contributed by atoms with Crippen LogP contribution in [0, 0.1) is 0 Å². The largest absolute Gasteiger partial charge is 0.397 e. The number of hydrogen-bond acceptors (Lipinski definition) is 4. The van der Waals surface area contributed by atoms with E-state index in [1.54, 1.807) is 0 Å². The highest BCUT2D eigenvalue weighted by Crippen LogP contribution is 2.29. The van der Waals surface area contributed by atoms with Gasteiger partial charge in [-0.05, 0) is 36.2 Å². The number of fused-ring (bicyclic) bond motifs is 2. The van der Waals surface area contributed by atoms with Crippen LogP contribution in [0.1, 0.15) is 18.9 Å². The lowest BCUT2D eigenvalue weighted by molar-refractivity contribution is 1.26. The number of aliphatic imine (C=N–C) groups is 1. The molecule has 0 aliphatic carbocycles. The molecule has 2 N–H and O–H groups in total. The van der Waals surface area contributed by atoms with Crippen LogP contribution < -0.4 is 5.73 Å². The number of nitrogens with zero attached hydrogens (tertiary/aromatic N) is 3. The summed E-state index contributed by atoms with van der Waals surface area (Å²) in [6.07, 6.45) is 0.824. The highest BCUT2D eigenvalue weighted by Gasteiger charge is 2.08. The van der Waals surface area contributed by atoms with Crippen LogP contribution in [0.5, 0.6) is 0 Å². The van der Waals surface area contributed by atoms with Gasteiger partial charge in [-0.15, -0.1) is 0 Å². The third-order valence-corrected chi connectivity index (χ3v) is 4.18. The summed E-state index contributed by atoms with van der Waals surface area (Å²) in [5, 5.41) is 0. The number of nitrogens with two attached hydrogens (primary N) is 1. The topological polar surface area (TPSA) is 64.2 Å². The van der Waals surface area contributed by atoms with Gasteiger partial charge in [0.2, 0.25) is 0 Å². The van der Waals surface area contributed by atoms with Gasteiger partial charge in [-0.1, -0.05) is 49.4 Å². The van der Waals surface area contributed by atoms with E-state index in [0.29, 0.717) is 5.69 Å². The van der Waals surface area contributed by atoms with Crippen LogP contribution in [-0.2, 0) is 0 Å². The Bertz CT molecular complexity index is 1080. The van der Waals surface area contributed by atoms with Gasteiger partial charge in [0.05, 0.1) is 33.4 Å². The Morgan fingerprint density at radius 2 is 1.44 bits per heavy atom. The zero-order chi connectivity index (χ0) is 17.2. The van der Waals surface area contributed by atoms with Crippen LogP contribution >= 0.6 is 0 Å². The second-order valence-electron chi connectivity index (χ2n) is 5.89. The summed E-state index contributed by atoms with van der Waals surface area (Å²) in [7, 11) is 0. The molecule has 122 valence electrons. The molecule has 0 aliphatic heterocycles. The van der Waals surface area contributed by atoms with Gasteiger partial charge in [0, 0.05) is 5.71 Å². The Labute approximate surface area is 146 Å². The molecule has 0 saturated carbocycles. The minimum atomic E-state index is 0.610. The van der Waals surface area contributed by atoms with Gasteiger partial charge < -0.3 is 5.73 Å². The van der Waals surface area contributed by atoms with Gasteiger partial charge in [-0.3, -0.25) is 4.99 Å². The number of nitrogen functional groups attached to an aromatic ring is 1. The molecule has 0 amide bonds. The summed E-state index contributed by atoms with van der Waals surface area (Å²) in [6.45, 7) is 2.09. The lowest BCUT2D eigenvalue weighted by Crippen LogP contribution is -1.99. The molecule has 0 atom stereocenters. The molecule has 4 heteroatoms. The predicted octanol–water partition coefficient (Wildman–Crippen LogP) is 4.90. The molecule has 0 fully saturated rings. The Kier molecular flexibility index (Phi) is 3.86. The minimum absolute atomic E-state index is 0.610. The Morgan fingerprint density at radius 1 is 0.840 bits per heavy atom. The van der Waals surface area contributed by atoms with Gasteiger partial charge in [0.15, 0.2) is 0 Å². The van der Waals surface area contributed by atoms with E-state index in [0.717, 1.165) is 45.5 Å². The van der Waals surface area contributed by atoms with Crippen LogP contribution in [-0.4, -0.2) is 15.7 Å². The molecule has 4 nitrogen and oxygen atoms in total. The second kappa shape index (κ2) is 6.32. The smallest absolute Gasteiger partial charge is 0.0917 e. The number of rotatable bonds is 3. The van der Waals surface area contributed by atoms with E-state index in [-0.39, 0.29) is 0 Å². The molecule has 0 radical (unpaired) electrons. The number of anilines is 1. The van der Waals surface area contributed by atoms with Crippen molar-refractivity contribution in [1.82, 2.24) is 9.97 Å². The molecule has 25 heavy (non-hydrogen) atoms. The zero-order valence-electron chi connectivity index (χ0n) is 14.0. The third-order valence-electron chi connectivity index (χ3n) is 4.18. The van der Waals surface area contributed by atoms with Crippen molar-refractivity contribution in [3.63, 3.8) is 0 Å². The molecule has 0 saturated heterocycles. The van der Waals surface area contributed by atoms with Crippen molar-refractivity contribution < 1.29 is 0 Å². The van der Waals surface area contributed by atoms with Crippen molar-refractivity contribution >= 4 is 39.2 Å². The van der Waals surface area contributed by atoms with Gasteiger partial charge in [0.25, 0.3) is 0 Å². The molecule has 0 bridgehead atoms. The van der Waals surface area contributed by atoms with E-state index in [2.05, 4.69) is 24.0 Å². The van der Waals surface area contributed by atoms with Gasteiger partial charge in [-0.2, -0.15) is 0 Å². The normalized spacial score (nSPS) is 12.0. The molecule has 4 aromatic rings. The molecular weight excluding hydrogens is 308 g/mol. The Hall–Kier alpha value is -3.27. The monoisotopic (exact) mass is 326 g/mol. The standard InChI is InChI=1S/C21H18N4/c1-2-16(14-8-4-3-5-9-14)23-19-13-21-20(12-15(19)22)24-17-10-6-7-11-18(17)25-21/h3-13H,2,22H2,1H3. The molecule has 4 rings (SSSR count). The average molecular weight is 326 g/mol. The first kappa shape index (κ1) is 15.3. The quantitative estimate of drug-likeness (QED) is 0.331. The van der Waals surface area contributed by atoms with Crippen molar-refractivity contribution in [2.24, 2.45) is 4.99 Å². The fourth-order valence-electron chi connectivity index (χ4n) is 2.89. The molecule has 1 heterocycles. The van der Waals surface area contributed by atoms with Crippen LogP contribution in [0.2, 0.25) is 0 Å². The summed E-state index contributed by atoms with van der Waals surface area (Å²) in [5.74, 6) is 0. The maximum atomic E-state index is 6.24. The highest BCUT2D eigenvalue weighted by atomic mass is 14.8. The molecular formula is C21H18N4. The van der Waals surface area contributed by atoms with E-state index < -0.39 is 0 Å². The SMILES string of the molecule is CCC(=Nc1cc2nc3ccccc3nc2cc1N)c1ccccc1. The summed E-state index contributed by atoms with van der Waals surface area (Å²) in [4.78, 5) is 14.1. The number of aromatic nitrogens is 2. The van der Waals surface area contributed by atoms with Crippen LogP contribution in [0.4, 0.5) is 11.4 Å². The maximum absolute atomic E-state index is 6.24. The lowest BCUT2D eigenvalue weighted by atomic mass is 10.1. The van der Waals surface area contributed by atoms with E-state index in [9.17, 15) is 0 Å². The van der Waals surface area contributed by atoms with Crippen LogP contribution in [0.15, 0.2) is 71.7 Å². The van der Waals surface area contributed by atoms with E-state index in [1.165, 1.54) is 0 Å². The lowest BCUT2D eigenvalue weighted by Gasteiger charge is -2.08. The molecule has 3 aromatic carbocycles. The Morgan fingerprint density at radius 3 is 2.08 bits per heavy atom. The van der Waals surface area contributed by atoms with Crippen molar-refractivity contribution in [1.29, 1.82) is 0 Å². The maximum Gasteiger partial charge on any atom is 0.0917 e. The summed E-state index contributed by atoms with van der Waals surface area (Å²) >= 11 is 0. The zero-order valence-corrected chi connectivity index (χ0v) is 14.0. The number of hydrogen-bond donors (Lipinski definition) is 1. The van der Waals surface area contributed by atoms with E-state index in [1.807, 2.05) is 54.6 Å². The van der Waals surface area contributed by atoms with Crippen molar-refractivity contribution in [2.75, 3.05) is 5.73 Å². The third kappa shape index (κ3) is 2.94. The minimum Gasteiger partial charge on any atom is -0.397 e. The Balaban J connectivity index is 1.88. The summed E-state index contributed by atoms with van der Waals surface area (Å²) < 4.78 is 0. The molecule has 0 unspecified atom stereocenters. The summed E-state index contributed by atoms with van der Waals surface area (Å²) in [6, 6.07) is 21.8. The first-order valence-electron chi connectivity index (χ1n) is 8.33. The second-order valence-corrected chi connectivity index (χ2v) is 5.89. The van der Waals surface area contributed by atoms with E-state index >= 15 is 0 Å². The fourth-order valence-corrected chi connectivity index (χ4v) is 2.89. The van der Waals surface area contributed by atoms with Gasteiger partial charge in [-0.25, -0.2) is 9.97 Å². The summed E-state index contributed by atoms with van der Waals surface area (Å²) in [5.41, 5.74) is 13.0. The van der Waals surface area contributed by atoms with Crippen molar-refractivity contribution in [2.45, 2.75) is 13.3 Å². The van der Waals surface area contributed by atoms with Crippen molar-refractivity contribution in [3.8, 4) is 0 Å². The van der Waals surface area contributed by atoms with Crippen LogP contribution in [0.3, 0.4) is 0 Å². The van der Waals surface area contributed by atoms with Crippen LogP contribution in [0.25, 0.3) is 22.1 Å². The van der Waals surface area contributed by atoms with Gasteiger partial charge in [0.1, 0.15) is 0 Å². The molecule has 0 aliphatic rings. The highest BCUT2D eigenvalue weighted by molar-refractivity contribution is 6.03. The molecule has 0 spiro atoms. The van der Waals surface area contributed by atoms with Gasteiger partial charge >= 0.3 is 0 Å². The predicted molar refractivity (Wildman–Crippen MR) is 104 cm³/mol. The van der Waals surface area contributed by atoms with Crippen molar-refractivity contribution in [3.05, 3.63) is 72.3 Å². The number of para-hydroxylation sites is 2. The first-order chi connectivity index (χ1) is 12.2.